The molecule has 0 bridgehead atoms. The lowest BCUT2D eigenvalue weighted by Crippen LogP contribution is -2.27. The number of rotatable bonds is 3. The van der Waals surface area contributed by atoms with Gasteiger partial charge in [-0.25, -0.2) is 4.79 Å². The zero-order valence-corrected chi connectivity index (χ0v) is 13.1. The molecule has 1 aromatic rings. The SMILES string of the molecule is CC(=O)Cc1ccc(Br)c(NC(=O)OC(C)(C)C)c1. The molecule has 19 heavy (non-hydrogen) atoms. The van der Waals surface area contributed by atoms with Crippen molar-refractivity contribution < 1.29 is 14.3 Å². The van der Waals surface area contributed by atoms with Gasteiger partial charge < -0.3 is 4.74 Å². The predicted molar refractivity (Wildman–Crippen MR) is 78.4 cm³/mol. The summed E-state index contributed by atoms with van der Waals surface area (Å²) in [4.78, 5) is 22.8. The number of ether oxygens (including phenoxy) is 1. The fourth-order valence-corrected chi connectivity index (χ4v) is 1.82. The monoisotopic (exact) mass is 327 g/mol. The molecule has 1 aromatic carbocycles. The van der Waals surface area contributed by atoms with Crippen LogP contribution in [0.25, 0.3) is 0 Å². The maximum Gasteiger partial charge on any atom is 0.412 e. The van der Waals surface area contributed by atoms with Crippen LogP contribution < -0.4 is 5.32 Å². The van der Waals surface area contributed by atoms with Crippen LogP contribution in [0.15, 0.2) is 22.7 Å². The van der Waals surface area contributed by atoms with E-state index in [1.54, 1.807) is 32.9 Å². The zero-order valence-electron chi connectivity index (χ0n) is 11.5. The van der Waals surface area contributed by atoms with Crippen molar-refractivity contribution in [2.75, 3.05) is 5.32 Å². The zero-order chi connectivity index (χ0) is 14.6. The summed E-state index contributed by atoms with van der Waals surface area (Å²) < 4.78 is 5.92. The minimum absolute atomic E-state index is 0.0746. The van der Waals surface area contributed by atoms with E-state index in [2.05, 4.69) is 21.2 Å². The number of hydrogen-bond acceptors (Lipinski definition) is 3. The quantitative estimate of drug-likeness (QED) is 0.915. The molecule has 0 aromatic heterocycles. The summed E-state index contributed by atoms with van der Waals surface area (Å²) >= 11 is 3.35. The van der Waals surface area contributed by atoms with Crippen LogP contribution in [-0.4, -0.2) is 17.5 Å². The van der Waals surface area contributed by atoms with Gasteiger partial charge in [-0.15, -0.1) is 0 Å². The number of Topliss-reactive ketones (excluding diaryl/α,β-unsaturated/α-hetero) is 1. The highest BCUT2D eigenvalue weighted by Gasteiger charge is 2.17. The average molecular weight is 328 g/mol. The number of ketones is 1. The number of carbonyl (C=O) groups is 2. The highest BCUT2D eigenvalue weighted by Crippen LogP contribution is 2.24. The third-order valence-electron chi connectivity index (χ3n) is 2.12. The van der Waals surface area contributed by atoms with Crippen LogP contribution in [0.5, 0.6) is 0 Å². The molecule has 0 spiro atoms. The number of amides is 1. The van der Waals surface area contributed by atoms with Crippen LogP contribution >= 0.6 is 15.9 Å². The van der Waals surface area contributed by atoms with Gasteiger partial charge in [0.15, 0.2) is 0 Å². The van der Waals surface area contributed by atoms with Crippen LogP contribution in [0, 0.1) is 0 Å². The number of carbonyl (C=O) groups excluding carboxylic acids is 2. The molecule has 0 heterocycles. The summed E-state index contributed by atoms with van der Waals surface area (Å²) in [6, 6.07) is 5.39. The second kappa shape index (κ2) is 6.19. The molecule has 0 fully saturated rings. The van der Waals surface area contributed by atoms with Crippen molar-refractivity contribution in [3.63, 3.8) is 0 Å². The predicted octanol–water partition coefficient (Wildman–Crippen LogP) is 3.93. The van der Waals surface area contributed by atoms with Crippen molar-refractivity contribution in [1.29, 1.82) is 0 Å². The van der Waals surface area contributed by atoms with Crippen molar-refractivity contribution in [3.05, 3.63) is 28.2 Å². The van der Waals surface area contributed by atoms with E-state index < -0.39 is 11.7 Å². The first-order chi connectivity index (χ1) is 8.67. The summed E-state index contributed by atoms with van der Waals surface area (Å²) in [5, 5.41) is 2.66. The summed E-state index contributed by atoms with van der Waals surface area (Å²) in [7, 11) is 0. The van der Waals surface area contributed by atoms with Gasteiger partial charge in [-0.2, -0.15) is 0 Å². The highest BCUT2D eigenvalue weighted by molar-refractivity contribution is 9.10. The molecule has 0 saturated heterocycles. The Hall–Kier alpha value is -1.36. The van der Waals surface area contributed by atoms with E-state index in [1.165, 1.54) is 6.92 Å². The van der Waals surface area contributed by atoms with E-state index in [-0.39, 0.29) is 5.78 Å². The Morgan fingerprint density at radius 1 is 1.32 bits per heavy atom. The van der Waals surface area contributed by atoms with Crippen molar-refractivity contribution in [2.24, 2.45) is 0 Å². The summed E-state index contributed by atoms with van der Waals surface area (Å²) in [5.41, 5.74) is 0.892. The van der Waals surface area contributed by atoms with Crippen LogP contribution in [-0.2, 0) is 16.0 Å². The van der Waals surface area contributed by atoms with Crippen LogP contribution in [0.4, 0.5) is 10.5 Å². The molecule has 0 saturated carbocycles. The standard InChI is InChI=1S/C14H18BrNO3/c1-9(17)7-10-5-6-11(15)12(8-10)16-13(18)19-14(2,3)4/h5-6,8H,7H2,1-4H3,(H,16,18). The molecule has 0 aliphatic carbocycles. The number of anilines is 1. The first kappa shape index (κ1) is 15.7. The van der Waals surface area contributed by atoms with E-state index in [0.717, 1.165) is 10.0 Å². The van der Waals surface area contributed by atoms with Gasteiger partial charge in [0.2, 0.25) is 0 Å². The van der Waals surface area contributed by atoms with Crippen molar-refractivity contribution in [2.45, 2.75) is 39.7 Å². The minimum atomic E-state index is -0.548. The van der Waals surface area contributed by atoms with Crippen molar-refractivity contribution in [3.8, 4) is 0 Å². The first-order valence-electron chi connectivity index (χ1n) is 5.95. The number of nitrogens with one attached hydrogen (secondary N) is 1. The van der Waals surface area contributed by atoms with Crippen LogP contribution in [0.2, 0.25) is 0 Å². The molecule has 0 atom stereocenters. The van der Waals surface area contributed by atoms with Gasteiger partial charge in [0, 0.05) is 10.9 Å². The van der Waals surface area contributed by atoms with Gasteiger partial charge in [-0.1, -0.05) is 6.07 Å². The molecule has 0 radical (unpaired) electrons. The average Bonchev–Trinajstić information content (AvgIpc) is 2.19. The smallest absolute Gasteiger partial charge is 0.412 e. The molecule has 1 amide bonds. The Morgan fingerprint density at radius 3 is 2.47 bits per heavy atom. The number of halogens is 1. The molecule has 5 heteroatoms. The lowest BCUT2D eigenvalue weighted by atomic mass is 10.1. The Morgan fingerprint density at radius 2 is 1.95 bits per heavy atom. The Labute approximate surface area is 121 Å². The van der Waals surface area contributed by atoms with E-state index in [0.29, 0.717) is 12.1 Å². The fraction of sp³-hybridized carbons (Fsp3) is 0.429. The van der Waals surface area contributed by atoms with Crippen LogP contribution in [0.3, 0.4) is 0 Å². The highest BCUT2D eigenvalue weighted by atomic mass is 79.9. The van der Waals surface area contributed by atoms with Crippen molar-refractivity contribution in [1.82, 2.24) is 0 Å². The molecule has 4 nitrogen and oxygen atoms in total. The summed E-state index contributed by atoms with van der Waals surface area (Å²) in [6.07, 6.45) is -0.177. The number of hydrogen-bond donors (Lipinski definition) is 1. The topological polar surface area (TPSA) is 55.4 Å². The molecule has 1 rings (SSSR count). The van der Waals surface area contributed by atoms with Gasteiger partial charge in [-0.05, 0) is 61.3 Å². The van der Waals surface area contributed by atoms with Gasteiger partial charge in [-0.3, -0.25) is 10.1 Å². The maximum atomic E-state index is 11.7. The van der Waals surface area contributed by atoms with Gasteiger partial charge in [0.25, 0.3) is 0 Å². The van der Waals surface area contributed by atoms with Gasteiger partial charge >= 0.3 is 6.09 Å². The molecular formula is C14H18BrNO3. The largest absolute Gasteiger partial charge is 0.444 e. The molecule has 0 aliphatic rings. The third-order valence-corrected chi connectivity index (χ3v) is 2.81. The Bertz CT molecular complexity index is 492. The lowest BCUT2D eigenvalue weighted by Gasteiger charge is -2.20. The Kier molecular flexibility index (Phi) is 5.11. The van der Waals surface area contributed by atoms with Crippen LogP contribution in [0.1, 0.15) is 33.3 Å². The molecule has 0 aliphatic heterocycles. The summed E-state index contributed by atoms with van der Waals surface area (Å²) in [5.74, 6) is 0.0746. The Balaban J connectivity index is 2.82. The maximum absolute atomic E-state index is 11.7. The minimum Gasteiger partial charge on any atom is -0.444 e. The molecule has 1 N–H and O–H groups in total. The fourth-order valence-electron chi connectivity index (χ4n) is 1.48. The van der Waals surface area contributed by atoms with Gasteiger partial charge in [0.1, 0.15) is 11.4 Å². The first-order valence-corrected chi connectivity index (χ1v) is 6.74. The van der Waals surface area contributed by atoms with E-state index in [1.807, 2.05) is 6.07 Å². The van der Waals surface area contributed by atoms with E-state index in [4.69, 9.17) is 4.74 Å². The van der Waals surface area contributed by atoms with Crippen molar-refractivity contribution >= 4 is 33.5 Å². The van der Waals surface area contributed by atoms with E-state index >= 15 is 0 Å². The summed E-state index contributed by atoms with van der Waals surface area (Å²) in [6.45, 7) is 6.93. The molecular weight excluding hydrogens is 310 g/mol. The van der Waals surface area contributed by atoms with Gasteiger partial charge in [0.05, 0.1) is 5.69 Å². The number of benzene rings is 1. The molecule has 0 unspecified atom stereocenters. The normalized spacial score (nSPS) is 11.0. The molecule has 104 valence electrons. The van der Waals surface area contributed by atoms with E-state index in [9.17, 15) is 9.59 Å². The lowest BCUT2D eigenvalue weighted by molar-refractivity contribution is -0.116. The second-order valence-electron chi connectivity index (χ2n) is 5.32. The second-order valence-corrected chi connectivity index (χ2v) is 6.17. The third kappa shape index (κ3) is 5.87.